The van der Waals surface area contributed by atoms with Crippen LogP contribution in [0.2, 0.25) is 5.02 Å². The van der Waals surface area contributed by atoms with Gasteiger partial charge in [0.05, 0.1) is 23.7 Å². The van der Waals surface area contributed by atoms with Crippen LogP contribution in [0, 0.1) is 18.3 Å². The van der Waals surface area contributed by atoms with Gasteiger partial charge in [-0.15, -0.1) is 0 Å². The molecule has 0 amide bonds. The molecule has 2 aromatic rings. The van der Waals surface area contributed by atoms with Gasteiger partial charge in [-0.05, 0) is 38.1 Å². The van der Waals surface area contributed by atoms with Crippen LogP contribution in [0.1, 0.15) is 29.7 Å². The van der Waals surface area contributed by atoms with Crippen molar-refractivity contribution in [1.82, 2.24) is 0 Å². The number of anilines is 1. The van der Waals surface area contributed by atoms with Crippen molar-refractivity contribution in [1.29, 1.82) is 5.26 Å². The van der Waals surface area contributed by atoms with Gasteiger partial charge >= 0.3 is 0 Å². The van der Waals surface area contributed by atoms with E-state index in [1.165, 1.54) is 5.56 Å². The topological polar surface area (TPSA) is 45.0 Å². The van der Waals surface area contributed by atoms with E-state index in [0.717, 1.165) is 17.0 Å². The molecule has 0 aliphatic carbocycles. The van der Waals surface area contributed by atoms with Crippen molar-refractivity contribution in [2.75, 3.05) is 12.4 Å². The first kappa shape index (κ1) is 15.2. The molecule has 0 radical (unpaired) electrons. The first-order chi connectivity index (χ1) is 10.0. The number of benzene rings is 2. The molecule has 0 aliphatic heterocycles. The van der Waals surface area contributed by atoms with Crippen molar-refractivity contribution >= 4 is 17.3 Å². The van der Waals surface area contributed by atoms with Gasteiger partial charge in [0.2, 0.25) is 0 Å². The normalized spacial score (nSPS) is 11.6. The third kappa shape index (κ3) is 3.48. The van der Waals surface area contributed by atoms with E-state index in [-0.39, 0.29) is 6.04 Å². The number of halogens is 1. The van der Waals surface area contributed by atoms with Crippen LogP contribution in [0.4, 0.5) is 5.69 Å². The van der Waals surface area contributed by atoms with E-state index in [9.17, 15) is 0 Å². The fourth-order valence-corrected chi connectivity index (χ4v) is 2.44. The van der Waals surface area contributed by atoms with Gasteiger partial charge < -0.3 is 10.1 Å². The highest BCUT2D eigenvalue weighted by molar-refractivity contribution is 6.32. The standard InChI is InChI=1S/C17H17ClN2O/c1-11-4-7-17(21-3)15(8-11)12(2)20-14-6-5-13(10-19)16(18)9-14/h4-9,12,20H,1-3H3. The number of methoxy groups -OCH3 is 1. The first-order valence-corrected chi connectivity index (χ1v) is 7.03. The van der Waals surface area contributed by atoms with Crippen LogP contribution in [-0.2, 0) is 0 Å². The minimum atomic E-state index is 0.0591. The molecule has 108 valence electrons. The Bertz CT molecular complexity index is 692. The first-order valence-electron chi connectivity index (χ1n) is 6.66. The van der Waals surface area contributed by atoms with Gasteiger partial charge in [-0.25, -0.2) is 0 Å². The summed E-state index contributed by atoms with van der Waals surface area (Å²) in [5.74, 6) is 0.848. The Balaban J connectivity index is 2.26. The van der Waals surface area contributed by atoms with Crippen LogP contribution >= 0.6 is 11.6 Å². The molecule has 0 saturated heterocycles. The Hall–Kier alpha value is -2.18. The number of hydrogen-bond acceptors (Lipinski definition) is 3. The molecule has 2 rings (SSSR count). The third-order valence-corrected chi connectivity index (χ3v) is 3.64. The summed E-state index contributed by atoms with van der Waals surface area (Å²) in [6.45, 7) is 4.11. The van der Waals surface area contributed by atoms with E-state index in [2.05, 4.69) is 24.4 Å². The second kappa shape index (κ2) is 6.51. The van der Waals surface area contributed by atoms with Gasteiger partial charge in [-0.2, -0.15) is 5.26 Å². The summed E-state index contributed by atoms with van der Waals surface area (Å²) < 4.78 is 5.41. The molecular weight excluding hydrogens is 284 g/mol. The number of nitrogens with zero attached hydrogens (tertiary/aromatic N) is 1. The summed E-state index contributed by atoms with van der Waals surface area (Å²) in [5, 5.41) is 12.7. The largest absolute Gasteiger partial charge is 0.496 e. The quantitative estimate of drug-likeness (QED) is 0.890. The zero-order chi connectivity index (χ0) is 15.4. The lowest BCUT2D eigenvalue weighted by Crippen LogP contribution is -2.08. The Morgan fingerprint density at radius 1 is 1.24 bits per heavy atom. The molecule has 0 bridgehead atoms. The molecule has 0 spiro atoms. The van der Waals surface area contributed by atoms with Crippen LogP contribution in [-0.4, -0.2) is 7.11 Å². The molecule has 1 unspecified atom stereocenters. The van der Waals surface area contributed by atoms with E-state index in [0.29, 0.717) is 10.6 Å². The van der Waals surface area contributed by atoms with Gasteiger partial charge in [0, 0.05) is 11.3 Å². The predicted molar refractivity (Wildman–Crippen MR) is 85.9 cm³/mol. The van der Waals surface area contributed by atoms with Gasteiger partial charge in [-0.3, -0.25) is 0 Å². The fourth-order valence-electron chi connectivity index (χ4n) is 2.22. The maximum Gasteiger partial charge on any atom is 0.124 e. The molecule has 2 aromatic carbocycles. The Labute approximate surface area is 130 Å². The highest BCUT2D eigenvalue weighted by Crippen LogP contribution is 2.30. The van der Waals surface area contributed by atoms with Crippen LogP contribution in [0.15, 0.2) is 36.4 Å². The summed E-state index contributed by atoms with van der Waals surface area (Å²) in [6, 6.07) is 13.5. The maximum atomic E-state index is 8.90. The van der Waals surface area contributed by atoms with Crippen molar-refractivity contribution in [3.63, 3.8) is 0 Å². The van der Waals surface area contributed by atoms with E-state index >= 15 is 0 Å². The van der Waals surface area contributed by atoms with Crippen molar-refractivity contribution in [3.05, 3.63) is 58.1 Å². The van der Waals surface area contributed by atoms with Gasteiger partial charge in [0.15, 0.2) is 0 Å². The number of nitrogens with one attached hydrogen (secondary N) is 1. The van der Waals surface area contributed by atoms with Crippen LogP contribution in [0.25, 0.3) is 0 Å². The molecule has 0 aliphatic rings. The highest BCUT2D eigenvalue weighted by Gasteiger charge is 2.12. The fraction of sp³-hybridized carbons (Fsp3) is 0.235. The molecule has 4 heteroatoms. The number of nitriles is 1. The minimum absolute atomic E-state index is 0.0591. The van der Waals surface area contributed by atoms with Gasteiger partial charge in [0.25, 0.3) is 0 Å². The van der Waals surface area contributed by atoms with Crippen LogP contribution in [0.3, 0.4) is 0 Å². The Morgan fingerprint density at radius 2 is 2.00 bits per heavy atom. The SMILES string of the molecule is COc1ccc(C)cc1C(C)Nc1ccc(C#N)c(Cl)c1. The van der Waals surface area contributed by atoms with E-state index in [4.69, 9.17) is 21.6 Å². The van der Waals surface area contributed by atoms with E-state index < -0.39 is 0 Å². The van der Waals surface area contributed by atoms with E-state index in [1.54, 1.807) is 19.2 Å². The average Bonchev–Trinajstić information content (AvgIpc) is 2.47. The smallest absolute Gasteiger partial charge is 0.124 e. The molecule has 0 saturated carbocycles. The van der Waals surface area contributed by atoms with Crippen molar-refractivity contribution in [2.24, 2.45) is 0 Å². The lowest BCUT2D eigenvalue weighted by Gasteiger charge is -2.19. The van der Waals surface area contributed by atoms with Gasteiger partial charge in [0.1, 0.15) is 11.8 Å². The molecule has 0 fully saturated rings. The van der Waals surface area contributed by atoms with Crippen molar-refractivity contribution < 1.29 is 4.74 Å². The second-order valence-electron chi connectivity index (χ2n) is 4.92. The molecule has 21 heavy (non-hydrogen) atoms. The summed E-state index contributed by atoms with van der Waals surface area (Å²) in [6.07, 6.45) is 0. The average molecular weight is 301 g/mol. The summed E-state index contributed by atoms with van der Waals surface area (Å²) >= 11 is 6.06. The number of rotatable bonds is 4. The summed E-state index contributed by atoms with van der Waals surface area (Å²) in [5.41, 5.74) is 3.60. The number of hydrogen-bond donors (Lipinski definition) is 1. The molecule has 3 nitrogen and oxygen atoms in total. The predicted octanol–water partition coefficient (Wildman–Crippen LogP) is 4.70. The van der Waals surface area contributed by atoms with Crippen molar-refractivity contribution in [2.45, 2.75) is 19.9 Å². The number of aryl methyl sites for hydroxylation is 1. The molecule has 1 atom stereocenters. The minimum Gasteiger partial charge on any atom is -0.496 e. The Morgan fingerprint density at radius 3 is 2.62 bits per heavy atom. The maximum absolute atomic E-state index is 8.90. The third-order valence-electron chi connectivity index (χ3n) is 3.32. The molecule has 0 heterocycles. The van der Waals surface area contributed by atoms with Gasteiger partial charge in [-0.1, -0.05) is 29.3 Å². The lowest BCUT2D eigenvalue weighted by atomic mass is 10.0. The monoisotopic (exact) mass is 300 g/mol. The zero-order valence-corrected chi connectivity index (χ0v) is 13.0. The van der Waals surface area contributed by atoms with Crippen LogP contribution < -0.4 is 10.1 Å². The van der Waals surface area contributed by atoms with Crippen LogP contribution in [0.5, 0.6) is 5.75 Å². The molecule has 1 N–H and O–H groups in total. The zero-order valence-electron chi connectivity index (χ0n) is 12.3. The molecule has 0 aromatic heterocycles. The Kier molecular flexibility index (Phi) is 4.72. The second-order valence-corrected chi connectivity index (χ2v) is 5.33. The lowest BCUT2D eigenvalue weighted by molar-refractivity contribution is 0.408. The molecular formula is C17H17ClN2O. The highest BCUT2D eigenvalue weighted by atomic mass is 35.5. The number of ether oxygens (including phenoxy) is 1. The van der Waals surface area contributed by atoms with E-state index in [1.807, 2.05) is 25.1 Å². The summed E-state index contributed by atoms with van der Waals surface area (Å²) in [7, 11) is 1.67. The summed E-state index contributed by atoms with van der Waals surface area (Å²) in [4.78, 5) is 0. The van der Waals surface area contributed by atoms with Crippen molar-refractivity contribution in [3.8, 4) is 11.8 Å².